The second-order valence-electron chi connectivity index (χ2n) is 6.14. The van der Waals surface area contributed by atoms with Crippen molar-refractivity contribution in [2.75, 3.05) is 12.4 Å². The summed E-state index contributed by atoms with van der Waals surface area (Å²) in [6.07, 6.45) is 0. The topological polar surface area (TPSA) is 84.5 Å². The second kappa shape index (κ2) is 9.21. The molecule has 0 saturated carbocycles. The number of methoxy groups -OCH3 is 1. The third-order valence-electron chi connectivity index (χ3n) is 4.11. The summed E-state index contributed by atoms with van der Waals surface area (Å²) < 4.78 is 34.2. The van der Waals surface area contributed by atoms with E-state index in [1.807, 2.05) is 36.4 Å². The molecule has 1 amide bonds. The number of halogens is 1. The standard InChI is InChI=1S/C21H19BrN2O4S/c1-28-19-11-10-16(21(25)24-18-9-5-8-17(22)13-18)12-20(19)29(26,27)23-14-15-6-3-2-4-7-15/h2-13,23H,14H2,1H3,(H,24,25). The van der Waals surface area contributed by atoms with Gasteiger partial charge >= 0.3 is 0 Å². The molecule has 3 rings (SSSR count). The van der Waals surface area contributed by atoms with E-state index >= 15 is 0 Å². The van der Waals surface area contributed by atoms with Crippen molar-refractivity contribution in [1.29, 1.82) is 0 Å². The number of hydrogen-bond donors (Lipinski definition) is 2. The minimum Gasteiger partial charge on any atom is -0.495 e. The van der Waals surface area contributed by atoms with Crippen molar-refractivity contribution >= 4 is 37.5 Å². The van der Waals surface area contributed by atoms with Gasteiger partial charge in [-0.2, -0.15) is 0 Å². The summed E-state index contributed by atoms with van der Waals surface area (Å²) in [4.78, 5) is 12.5. The first-order valence-corrected chi connectivity index (χ1v) is 11.0. The molecule has 6 nitrogen and oxygen atoms in total. The molecular weight excluding hydrogens is 456 g/mol. The van der Waals surface area contributed by atoms with Crippen molar-refractivity contribution in [2.45, 2.75) is 11.4 Å². The van der Waals surface area contributed by atoms with Gasteiger partial charge < -0.3 is 10.1 Å². The Morgan fingerprint density at radius 1 is 1.00 bits per heavy atom. The Hall–Kier alpha value is -2.68. The van der Waals surface area contributed by atoms with Gasteiger partial charge in [0, 0.05) is 22.3 Å². The van der Waals surface area contributed by atoms with E-state index in [0.29, 0.717) is 5.69 Å². The number of sulfonamides is 1. The summed E-state index contributed by atoms with van der Waals surface area (Å²) in [6, 6.07) is 20.6. The van der Waals surface area contributed by atoms with Crippen LogP contribution in [0, 0.1) is 0 Å². The number of hydrogen-bond acceptors (Lipinski definition) is 4. The number of carbonyl (C=O) groups excluding carboxylic acids is 1. The fourth-order valence-corrected chi connectivity index (χ4v) is 4.26. The molecule has 3 aromatic carbocycles. The average Bonchev–Trinajstić information content (AvgIpc) is 2.72. The normalized spacial score (nSPS) is 11.1. The molecule has 0 atom stereocenters. The maximum Gasteiger partial charge on any atom is 0.255 e. The highest BCUT2D eigenvalue weighted by atomic mass is 79.9. The van der Waals surface area contributed by atoms with Crippen molar-refractivity contribution < 1.29 is 17.9 Å². The lowest BCUT2D eigenvalue weighted by molar-refractivity contribution is 0.102. The van der Waals surface area contributed by atoms with Gasteiger partial charge in [-0.3, -0.25) is 4.79 Å². The van der Waals surface area contributed by atoms with Crippen LogP contribution in [0.1, 0.15) is 15.9 Å². The Morgan fingerprint density at radius 3 is 2.45 bits per heavy atom. The van der Waals surface area contributed by atoms with Crippen LogP contribution in [0.25, 0.3) is 0 Å². The Bertz CT molecular complexity index is 1120. The van der Waals surface area contributed by atoms with E-state index in [4.69, 9.17) is 4.74 Å². The predicted molar refractivity (Wildman–Crippen MR) is 116 cm³/mol. The van der Waals surface area contributed by atoms with E-state index in [9.17, 15) is 13.2 Å². The molecule has 0 spiro atoms. The zero-order chi connectivity index (χ0) is 20.9. The molecule has 3 aromatic rings. The van der Waals surface area contributed by atoms with Crippen LogP contribution in [0.15, 0.2) is 82.2 Å². The minimum atomic E-state index is -3.90. The number of nitrogens with one attached hydrogen (secondary N) is 2. The van der Waals surface area contributed by atoms with E-state index in [0.717, 1.165) is 10.0 Å². The summed E-state index contributed by atoms with van der Waals surface area (Å²) in [5.74, 6) is -0.269. The van der Waals surface area contributed by atoms with Gasteiger partial charge in [-0.25, -0.2) is 13.1 Å². The SMILES string of the molecule is COc1ccc(C(=O)Nc2cccc(Br)c2)cc1S(=O)(=O)NCc1ccccc1. The molecule has 0 aliphatic rings. The molecule has 0 bridgehead atoms. The van der Waals surface area contributed by atoms with Gasteiger partial charge in [-0.05, 0) is 42.0 Å². The summed E-state index contributed by atoms with van der Waals surface area (Å²) in [5, 5.41) is 2.75. The first-order chi connectivity index (χ1) is 13.9. The number of anilines is 1. The Morgan fingerprint density at radius 2 is 1.76 bits per heavy atom. The van der Waals surface area contributed by atoms with Gasteiger partial charge in [0.25, 0.3) is 5.91 Å². The summed E-state index contributed by atoms with van der Waals surface area (Å²) >= 11 is 3.35. The largest absolute Gasteiger partial charge is 0.495 e. The van der Waals surface area contributed by atoms with E-state index in [2.05, 4.69) is 26.0 Å². The van der Waals surface area contributed by atoms with Gasteiger partial charge in [0.05, 0.1) is 7.11 Å². The van der Waals surface area contributed by atoms with Crippen LogP contribution in [0.2, 0.25) is 0 Å². The summed E-state index contributed by atoms with van der Waals surface area (Å²) in [5.41, 5.74) is 1.61. The molecule has 0 unspecified atom stereocenters. The molecule has 0 aliphatic heterocycles. The van der Waals surface area contributed by atoms with Crippen LogP contribution < -0.4 is 14.8 Å². The maximum absolute atomic E-state index is 12.8. The second-order valence-corrected chi connectivity index (χ2v) is 8.79. The number of rotatable bonds is 7. The highest BCUT2D eigenvalue weighted by Crippen LogP contribution is 2.26. The fraction of sp³-hybridized carbons (Fsp3) is 0.0952. The quantitative estimate of drug-likeness (QED) is 0.537. The zero-order valence-electron chi connectivity index (χ0n) is 15.6. The van der Waals surface area contributed by atoms with Crippen LogP contribution in [0.3, 0.4) is 0 Å². The number of amides is 1. The van der Waals surface area contributed by atoms with Gasteiger partial charge in [0.1, 0.15) is 10.6 Å². The number of ether oxygens (including phenoxy) is 1. The maximum atomic E-state index is 12.8. The molecule has 0 fully saturated rings. The molecule has 150 valence electrons. The van der Waals surface area contributed by atoms with Crippen LogP contribution in [0.5, 0.6) is 5.75 Å². The van der Waals surface area contributed by atoms with E-state index in [1.165, 1.54) is 25.3 Å². The predicted octanol–water partition coefficient (Wildman–Crippen LogP) is 4.19. The Kier molecular flexibility index (Phi) is 6.68. The number of benzene rings is 3. The highest BCUT2D eigenvalue weighted by Gasteiger charge is 2.21. The van der Waals surface area contributed by atoms with Crippen molar-refractivity contribution in [3.8, 4) is 5.75 Å². The van der Waals surface area contributed by atoms with Gasteiger partial charge in [-0.15, -0.1) is 0 Å². The summed E-state index contributed by atoms with van der Waals surface area (Å²) in [7, 11) is -2.52. The van der Waals surface area contributed by atoms with Crippen LogP contribution >= 0.6 is 15.9 Å². The highest BCUT2D eigenvalue weighted by molar-refractivity contribution is 9.10. The molecule has 0 radical (unpaired) electrons. The van der Waals surface area contributed by atoms with E-state index in [1.54, 1.807) is 18.2 Å². The van der Waals surface area contributed by atoms with Crippen molar-refractivity contribution in [1.82, 2.24) is 4.72 Å². The van der Waals surface area contributed by atoms with Crippen LogP contribution in [-0.2, 0) is 16.6 Å². The molecule has 2 N–H and O–H groups in total. The third-order valence-corrected chi connectivity index (χ3v) is 6.02. The smallest absolute Gasteiger partial charge is 0.255 e. The molecular formula is C21H19BrN2O4S. The van der Waals surface area contributed by atoms with Crippen LogP contribution in [-0.4, -0.2) is 21.4 Å². The lowest BCUT2D eigenvalue weighted by atomic mass is 10.2. The Balaban J connectivity index is 1.85. The monoisotopic (exact) mass is 474 g/mol. The first-order valence-electron chi connectivity index (χ1n) is 8.67. The lowest BCUT2D eigenvalue weighted by Crippen LogP contribution is -2.24. The van der Waals surface area contributed by atoms with Crippen molar-refractivity contribution in [3.63, 3.8) is 0 Å². The van der Waals surface area contributed by atoms with Gasteiger partial charge in [0.2, 0.25) is 10.0 Å². The van der Waals surface area contributed by atoms with Gasteiger partial charge in [0.15, 0.2) is 0 Å². The molecule has 8 heteroatoms. The Labute approximate surface area is 178 Å². The summed E-state index contributed by atoms with van der Waals surface area (Å²) in [6.45, 7) is 0.126. The molecule has 29 heavy (non-hydrogen) atoms. The first kappa shape index (κ1) is 21.0. The van der Waals surface area contributed by atoms with E-state index in [-0.39, 0.29) is 22.8 Å². The van der Waals surface area contributed by atoms with Crippen LogP contribution in [0.4, 0.5) is 5.69 Å². The number of carbonyl (C=O) groups is 1. The third kappa shape index (κ3) is 5.44. The molecule has 0 saturated heterocycles. The van der Waals surface area contributed by atoms with Gasteiger partial charge in [-0.1, -0.05) is 52.3 Å². The minimum absolute atomic E-state index is 0.0992. The van der Waals surface area contributed by atoms with Crippen molar-refractivity contribution in [2.24, 2.45) is 0 Å². The van der Waals surface area contributed by atoms with E-state index < -0.39 is 15.9 Å². The zero-order valence-corrected chi connectivity index (χ0v) is 18.0. The molecule has 0 aliphatic carbocycles. The lowest BCUT2D eigenvalue weighted by Gasteiger charge is -2.13. The average molecular weight is 475 g/mol. The van der Waals surface area contributed by atoms with Crippen molar-refractivity contribution in [3.05, 3.63) is 88.4 Å². The molecule has 0 heterocycles. The fourth-order valence-electron chi connectivity index (χ4n) is 2.65. The molecule has 0 aromatic heterocycles.